The molecule has 0 radical (unpaired) electrons. The summed E-state index contributed by atoms with van der Waals surface area (Å²) in [5.74, 6) is -0.0341. The highest BCUT2D eigenvalue weighted by molar-refractivity contribution is 5.92. The second-order valence-electron chi connectivity index (χ2n) is 5.87. The number of carbonyl (C=O) groups excluding carboxylic acids is 1. The topological polar surface area (TPSA) is 65.0 Å². The molecule has 1 aromatic rings. The lowest BCUT2D eigenvalue weighted by atomic mass is 10.2. The highest BCUT2D eigenvalue weighted by atomic mass is 16.5. The van der Waals surface area contributed by atoms with Gasteiger partial charge in [-0.05, 0) is 30.7 Å². The molecule has 1 aromatic carbocycles. The van der Waals surface area contributed by atoms with Crippen molar-refractivity contribution < 1.29 is 14.6 Å². The van der Waals surface area contributed by atoms with E-state index in [0.717, 1.165) is 50.6 Å². The SMILES string of the molecule is O=C(CN1CC[C@H](O)C1)Nc1ccc(N2CCOCC2)cc1. The fourth-order valence-electron chi connectivity index (χ4n) is 2.94. The Bertz CT molecular complexity index is 500. The van der Waals surface area contributed by atoms with Gasteiger partial charge in [-0.3, -0.25) is 9.69 Å². The average Bonchev–Trinajstić information content (AvgIpc) is 2.94. The van der Waals surface area contributed by atoms with E-state index in [1.165, 1.54) is 0 Å². The average molecular weight is 305 g/mol. The molecule has 2 saturated heterocycles. The zero-order valence-electron chi connectivity index (χ0n) is 12.7. The fraction of sp³-hybridized carbons (Fsp3) is 0.562. The first-order valence-corrected chi connectivity index (χ1v) is 7.84. The monoisotopic (exact) mass is 305 g/mol. The first kappa shape index (κ1) is 15.3. The van der Waals surface area contributed by atoms with E-state index in [4.69, 9.17) is 4.74 Å². The Balaban J connectivity index is 1.51. The van der Waals surface area contributed by atoms with Gasteiger partial charge in [0.05, 0.1) is 25.9 Å². The summed E-state index contributed by atoms with van der Waals surface area (Å²) in [7, 11) is 0. The van der Waals surface area contributed by atoms with Crippen molar-refractivity contribution in [2.24, 2.45) is 0 Å². The minimum absolute atomic E-state index is 0.0341. The highest BCUT2D eigenvalue weighted by Crippen LogP contribution is 2.19. The van der Waals surface area contributed by atoms with Crippen LogP contribution < -0.4 is 10.2 Å². The molecule has 6 heteroatoms. The van der Waals surface area contributed by atoms with Gasteiger partial charge >= 0.3 is 0 Å². The van der Waals surface area contributed by atoms with Crippen LogP contribution in [0.1, 0.15) is 6.42 Å². The van der Waals surface area contributed by atoms with Crippen LogP contribution in [0.2, 0.25) is 0 Å². The number of aliphatic hydroxyl groups is 1. The van der Waals surface area contributed by atoms with Gasteiger partial charge in [0.25, 0.3) is 0 Å². The van der Waals surface area contributed by atoms with Gasteiger partial charge in [-0.25, -0.2) is 0 Å². The Hall–Kier alpha value is -1.63. The van der Waals surface area contributed by atoms with E-state index in [1.807, 2.05) is 29.2 Å². The van der Waals surface area contributed by atoms with Crippen LogP contribution in [0.4, 0.5) is 11.4 Å². The summed E-state index contributed by atoms with van der Waals surface area (Å²) < 4.78 is 5.35. The van der Waals surface area contributed by atoms with Crippen molar-refractivity contribution in [2.75, 3.05) is 56.2 Å². The number of hydrogen-bond acceptors (Lipinski definition) is 5. The van der Waals surface area contributed by atoms with Crippen LogP contribution in [0.25, 0.3) is 0 Å². The Labute approximate surface area is 130 Å². The number of rotatable bonds is 4. The van der Waals surface area contributed by atoms with Crippen molar-refractivity contribution >= 4 is 17.3 Å². The normalized spacial score (nSPS) is 22.8. The molecule has 0 aromatic heterocycles. The number of hydrogen-bond donors (Lipinski definition) is 2. The van der Waals surface area contributed by atoms with Crippen LogP contribution in [0, 0.1) is 0 Å². The predicted molar refractivity (Wildman–Crippen MR) is 85.2 cm³/mol. The summed E-state index contributed by atoms with van der Waals surface area (Å²) in [5, 5.41) is 12.4. The van der Waals surface area contributed by atoms with Gasteiger partial charge in [-0.1, -0.05) is 0 Å². The van der Waals surface area contributed by atoms with E-state index < -0.39 is 0 Å². The Morgan fingerprint density at radius 3 is 2.59 bits per heavy atom. The molecule has 0 unspecified atom stereocenters. The van der Waals surface area contributed by atoms with Gasteiger partial charge in [0, 0.05) is 37.6 Å². The number of nitrogens with one attached hydrogen (secondary N) is 1. The molecule has 2 heterocycles. The Kier molecular flexibility index (Phi) is 4.92. The lowest BCUT2D eigenvalue weighted by Gasteiger charge is -2.28. The first-order chi connectivity index (χ1) is 10.7. The summed E-state index contributed by atoms with van der Waals surface area (Å²) in [6.07, 6.45) is 0.460. The van der Waals surface area contributed by atoms with Crippen molar-refractivity contribution in [2.45, 2.75) is 12.5 Å². The zero-order chi connectivity index (χ0) is 15.4. The molecule has 1 atom stereocenters. The molecule has 1 amide bonds. The van der Waals surface area contributed by atoms with E-state index in [-0.39, 0.29) is 12.0 Å². The zero-order valence-corrected chi connectivity index (χ0v) is 12.7. The summed E-state index contributed by atoms with van der Waals surface area (Å²) in [4.78, 5) is 16.3. The maximum Gasteiger partial charge on any atom is 0.238 e. The largest absolute Gasteiger partial charge is 0.392 e. The number of anilines is 2. The summed E-state index contributed by atoms with van der Waals surface area (Å²) >= 11 is 0. The second kappa shape index (κ2) is 7.09. The Morgan fingerprint density at radius 1 is 1.23 bits per heavy atom. The van der Waals surface area contributed by atoms with E-state index >= 15 is 0 Å². The predicted octanol–water partition coefficient (Wildman–Crippen LogP) is 0.528. The molecule has 2 N–H and O–H groups in total. The van der Waals surface area contributed by atoms with Crippen molar-refractivity contribution in [1.82, 2.24) is 4.90 Å². The van der Waals surface area contributed by atoms with E-state index in [2.05, 4.69) is 10.2 Å². The van der Waals surface area contributed by atoms with Crippen LogP contribution >= 0.6 is 0 Å². The van der Waals surface area contributed by atoms with Crippen LogP contribution in [-0.2, 0) is 9.53 Å². The third kappa shape index (κ3) is 3.97. The van der Waals surface area contributed by atoms with Gasteiger partial charge < -0.3 is 20.1 Å². The maximum atomic E-state index is 12.0. The first-order valence-electron chi connectivity index (χ1n) is 7.84. The molecule has 2 aliphatic rings. The standard InChI is InChI=1S/C16H23N3O3/c20-15-5-6-18(11-15)12-16(21)17-13-1-3-14(4-2-13)19-7-9-22-10-8-19/h1-4,15,20H,5-12H2,(H,17,21)/t15-/m0/s1. The van der Waals surface area contributed by atoms with Crippen molar-refractivity contribution in [3.63, 3.8) is 0 Å². The van der Waals surface area contributed by atoms with Gasteiger partial charge in [-0.2, -0.15) is 0 Å². The molecule has 3 rings (SSSR count). The summed E-state index contributed by atoms with van der Waals surface area (Å²) in [6.45, 7) is 5.04. The van der Waals surface area contributed by atoms with Crippen LogP contribution in [0.15, 0.2) is 24.3 Å². The van der Waals surface area contributed by atoms with E-state index in [1.54, 1.807) is 0 Å². The molecular weight excluding hydrogens is 282 g/mol. The van der Waals surface area contributed by atoms with Gasteiger partial charge in [0.1, 0.15) is 0 Å². The second-order valence-corrected chi connectivity index (χ2v) is 5.87. The fourth-order valence-corrected chi connectivity index (χ4v) is 2.94. The molecule has 0 aliphatic carbocycles. The number of carbonyl (C=O) groups is 1. The molecule has 22 heavy (non-hydrogen) atoms. The minimum Gasteiger partial charge on any atom is -0.392 e. The molecule has 0 saturated carbocycles. The van der Waals surface area contributed by atoms with Crippen LogP contribution in [-0.4, -0.2) is 68.0 Å². The number of β-amino-alcohol motifs (C(OH)–C–C–N with tert-alkyl or cyclic N) is 1. The number of benzene rings is 1. The molecule has 120 valence electrons. The van der Waals surface area contributed by atoms with Crippen LogP contribution in [0.3, 0.4) is 0 Å². The van der Waals surface area contributed by atoms with Crippen LogP contribution in [0.5, 0.6) is 0 Å². The number of amides is 1. The number of nitrogens with zero attached hydrogens (tertiary/aromatic N) is 2. The van der Waals surface area contributed by atoms with E-state index in [9.17, 15) is 9.90 Å². The molecular formula is C16H23N3O3. The number of morpholine rings is 1. The molecule has 2 fully saturated rings. The minimum atomic E-state index is -0.291. The molecule has 0 spiro atoms. The molecule has 0 bridgehead atoms. The third-order valence-corrected chi connectivity index (χ3v) is 4.14. The maximum absolute atomic E-state index is 12.0. The van der Waals surface area contributed by atoms with Gasteiger partial charge in [-0.15, -0.1) is 0 Å². The number of ether oxygens (including phenoxy) is 1. The highest BCUT2D eigenvalue weighted by Gasteiger charge is 2.22. The van der Waals surface area contributed by atoms with Crippen molar-refractivity contribution in [1.29, 1.82) is 0 Å². The van der Waals surface area contributed by atoms with Crippen molar-refractivity contribution in [3.8, 4) is 0 Å². The van der Waals surface area contributed by atoms with E-state index in [0.29, 0.717) is 13.1 Å². The van der Waals surface area contributed by atoms with Gasteiger partial charge in [0.2, 0.25) is 5.91 Å². The summed E-state index contributed by atoms with van der Waals surface area (Å²) in [5.41, 5.74) is 1.96. The smallest absolute Gasteiger partial charge is 0.238 e. The van der Waals surface area contributed by atoms with Gasteiger partial charge in [0.15, 0.2) is 0 Å². The molecule has 6 nitrogen and oxygen atoms in total. The lowest BCUT2D eigenvalue weighted by molar-refractivity contribution is -0.117. The quantitative estimate of drug-likeness (QED) is 0.849. The third-order valence-electron chi connectivity index (χ3n) is 4.14. The lowest BCUT2D eigenvalue weighted by Crippen LogP contribution is -2.36. The summed E-state index contributed by atoms with van der Waals surface area (Å²) in [6, 6.07) is 7.92. The number of aliphatic hydroxyl groups excluding tert-OH is 1. The Morgan fingerprint density at radius 2 is 1.95 bits per heavy atom. The van der Waals surface area contributed by atoms with Crippen molar-refractivity contribution in [3.05, 3.63) is 24.3 Å². The molecule has 2 aliphatic heterocycles. The number of likely N-dealkylation sites (tertiary alicyclic amines) is 1.